The standard InChI is InChI=1S/C10H12ClFN2/c11-8-3-7(4-9(12)10(8)13)6-1-2-14-5-6/h3-4,6,14H,1-2,5,13H2. The molecule has 1 aliphatic rings. The number of hydrogen-bond donors (Lipinski definition) is 2. The Labute approximate surface area is 87.2 Å². The van der Waals surface area contributed by atoms with Crippen LogP contribution < -0.4 is 11.1 Å². The minimum absolute atomic E-state index is 0.0429. The summed E-state index contributed by atoms with van der Waals surface area (Å²) in [5, 5.41) is 3.54. The van der Waals surface area contributed by atoms with E-state index in [1.807, 2.05) is 0 Å². The van der Waals surface area contributed by atoms with Crippen molar-refractivity contribution in [2.45, 2.75) is 12.3 Å². The van der Waals surface area contributed by atoms with Crippen LogP contribution in [0.15, 0.2) is 12.1 Å². The number of rotatable bonds is 1. The highest BCUT2D eigenvalue weighted by atomic mass is 35.5. The molecule has 0 saturated carbocycles. The molecule has 0 amide bonds. The molecule has 0 aliphatic carbocycles. The minimum atomic E-state index is -0.417. The number of hydrogen-bond acceptors (Lipinski definition) is 2. The van der Waals surface area contributed by atoms with Crippen LogP contribution in [0.3, 0.4) is 0 Å². The molecule has 4 heteroatoms. The summed E-state index contributed by atoms with van der Waals surface area (Å²) in [5.41, 5.74) is 6.41. The van der Waals surface area contributed by atoms with E-state index in [0.717, 1.165) is 25.1 Å². The zero-order valence-electron chi connectivity index (χ0n) is 7.69. The molecule has 1 unspecified atom stereocenters. The van der Waals surface area contributed by atoms with Gasteiger partial charge in [0, 0.05) is 6.54 Å². The predicted octanol–water partition coefficient (Wildman–Crippen LogP) is 2.14. The van der Waals surface area contributed by atoms with E-state index in [2.05, 4.69) is 5.32 Å². The van der Waals surface area contributed by atoms with Crippen LogP contribution in [0.1, 0.15) is 17.9 Å². The van der Waals surface area contributed by atoms with Crippen molar-refractivity contribution in [3.63, 3.8) is 0 Å². The van der Waals surface area contributed by atoms with E-state index in [0.29, 0.717) is 10.9 Å². The Hall–Kier alpha value is -0.800. The van der Waals surface area contributed by atoms with Gasteiger partial charge in [-0.05, 0) is 36.6 Å². The first-order valence-electron chi connectivity index (χ1n) is 4.63. The predicted molar refractivity (Wildman–Crippen MR) is 56.1 cm³/mol. The highest BCUT2D eigenvalue weighted by Crippen LogP contribution is 2.30. The van der Waals surface area contributed by atoms with Crippen LogP contribution in [0.2, 0.25) is 5.02 Å². The molecule has 1 aliphatic heterocycles. The van der Waals surface area contributed by atoms with Gasteiger partial charge in [0.05, 0.1) is 10.7 Å². The summed E-state index contributed by atoms with van der Waals surface area (Å²) < 4.78 is 13.3. The van der Waals surface area contributed by atoms with Crippen molar-refractivity contribution >= 4 is 17.3 Å². The van der Waals surface area contributed by atoms with Crippen LogP contribution in [0.25, 0.3) is 0 Å². The second-order valence-electron chi connectivity index (χ2n) is 3.59. The summed E-state index contributed by atoms with van der Waals surface area (Å²) in [5.74, 6) is -0.0537. The van der Waals surface area contributed by atoms with Gasteiger partial charge in [0.15, 0.2) is 0 Å². The largest absolute Gasteiger partial charge is 0.395 e. The highest BCUT2D eigenvalue weighted by molar-refractivity contribution is 6.33. The van der Waals surface area contributed by atoms with Crippen molar-refractivity contribution in [1.82, 2.24) is 5.32 Å². The molecule has 0 aromatic heterocycles. The molecule has 1 aromatic carbocycles. The summed E-state index contributed by atoms with van der Waals surface area (Å²) in [6, 6.07) is 3.25. The van der Waals surface area contributed by atoms with Crippen LogP contribution in [-0.4, -0.2) is 13.1 Å². The number of nitrogen functional groups attached to an aromatic ring is 1. The molecule has 1 heterocycles. The second kappa shape index (κ2) is 3.75. The number of halogens is 2. The lowest BCUT2D eigenvalue weighted by Crippen LogP contribution is -2.08. The van der Waals surface area contributed by atoms with E-state index >= 15 is 0 Å². The number of benzene rings is 1. The van der Waals surface area contributed by atoms with Crippen molar-refractivity contribution in [3.8, 4) is 0 Å². The van der Waals surface area contributed by atoms with Gasteiger partial charge < -0.3 is 11.1 Å². The third-order valence-electron chi connectivity index (χ3n) is 2.63. The highest BCUT2D eigenvalue weighted by Gasteiger charge is 2.18. The summed E-state index contributed by atoms with van der Waals surface area (Å²) in [6.45, 7) is 1.87. The van der Waals surface area contributed by atoms with Crippen LogP contribution in [-0.2, 0) is 0 Å². The Morgan fingerprint density at radius 3 is 2.86 bits per heavy atom. The molecule has 76 valence electrons. The summed E-state index contributed by atoms with van der Waals surface area (Å²) in [7, 11) is 0. The molecule has 0 bridgehead atoms. The lowest BCUT2D eigenvalue weighted by atomic mass is 9.98. The van der Waals surface area contributed by atoms with Gasteiger partial charge in [0.2, 0.25) is 0 Å². The fraction of sp³-hybridized carbons (Fsp3) is 0.400. The van der Waals surface area contributed by atoms with Gasteiger partial charge in [-0.15, -0.1) is 0 Å². The van der Waals surface area contributed by atoms with Crippen molar-refractivity contribution in [2.75, 3.05) is 18.8 Å². The summed E-state index contributed by atoms with van der Waals surface area (Å²) in [6.07, 6.45) is 1.03. The zero-order valence-corrected chi connectivity index (χ0v) is 8.44. The molecule has 1 atom stereocenters. The summed E-state index contributed by atoms with van der Waals surface area (Å²) in [4.78, 5) is 0. The first-order chi connectivity index (χ1) is 6.68. The molecule has 3 N–H and O–H groups in total. The van der Waals surface area contributed by atoms with E-state index in [1.165, 1.54) is 6.07 Å². The molecule has 1 fully saturated rings. The Balaban J connectivity index is 2.34. The Morgan fingerprint density at radius 2 is 2.29 bits per heavy atom. The maximum absolute atomic E-state index is 13.3. The van der Waals surface area contributed by atoms with E-state index < -0.39 is 5.82 Å². The van der Waals surface area contributed by atoms with Crippen LogP contribution in [0, 0.1) is 5.82 Å². The van der Waals surface area contributed by atoms with E-state index in [4.69, 9.17) is 17.3 Å². The molecule has 14 heavy (non-hydrogen) atoms. The molecule has 0 spiro atoms. The maximum Gasteiger partial charge on any atom is 0.147 e. The van der Waals surface area contributed by atoms with Crippen LogP contribution >= 0.6 is 11.6 Å². The fourth-order valence-electron chi connectivity index (χ4n) is 1.78. The van der Waals surface area contributed by atoms with Gasteiger partial charge in [-0.1, -0.05) is 11.6 Å². The Kier molecular flexibility index (Phi) is 2.61. The SMILES string of the molecule is Nc1c(F)cc(C2CCNC2)cc1Cl. The van der Waals surface area contributed by atoms with Crippen molar-refractivity contribution < 1.29 is 4.39 Å². The molecule has 1 aromatic rings. The second-order valence-corrected chi connectivity index (χ2v) is 4.00. The van der Waals surface area contributed by atoms with Gasteiger partial charge in [0.25, 0.3) is 0 Å². The molecular weight excluding hydrogens is 203 g/mol. The fourth-order valence-corrected chi connectivity index (χ4v) is 2.00. The number of nitrogens with one attached hydrogen (secondary N) is 1. The number of nitrogens with two attached hydrogens (primary N) is 1. The smallest absolute Gasteiger partial charge is 0.147 e. The lowest BCUT2D eigenvalue weighted by Gasteiger charge is -2.10. The van der Waals surface area contributed by atoms with Crippen molar-refractivity contribution in [2.24, 2.45) is 0 Å². The molecule has 0 radical (unpaired) electrons. The van der Waals surface area contributed by atoms with E-state index in [1.54, 1.807) is 6.07 Å². The topological polar surface area (TPSA) is 38.0 Å². The van der Waals surface area contributed by atoms with Crippen molar-refractivity contribution in [3.05, 3.63) is 28.5 Å². The quantitative estimate of drug-likeness (QED) is 0.703. The van der Waals surface area contributed by atoms with Gasteiger partial charge in [-0.3, -0.25) is 0 Å². The normalized spacial score (nSPS) is 21.4. The number of anilines is 1. The van der Waals surface area contributed by atoms with Gasteiger partial charge >= 0.3 is 0 Å². The first-order valence-corrected chi connectivity index (χ1v) is 5.01. The monoisotopic (exact) mass is 214 g/mol. The zero-order chi connectivity index (χ0) is 10.1. The minimum Gasteiger partial charge on any atom is -0.395 e. The lowest BCUT2D eigenvalue weighted by molar-refractivity contribution is 0.626. The average molecular weight is 215 g/mol. The third-order valence-corrected chi connectivity index (χ3v) is 2.95. The van der Waals surface area contributed by atoms with Gasteiger partial charge in [0.1, 0.15) is 5.82 Å². The molecule has 2 nitrogen and oxygen atoms in total. The van der Waals surface area contributed by atoms with E-state index in [-0.39, 0.29) is 5.69 Å². The van der Waals surface area contributed by atoms with Gasteiger partial charge in [-0.2, -0.15) is 0 Å². The maximum atomic E-state index is 13.3. The summed E-state index contributed by atoms with van der Waals surface area (Å²) >= 11 is 5.81. The average Bonchev–Trinajstić information content (AvgIpc) is 2.66. The van der Waals surface area contributed by atoms with E-state index in [9.17, 15) is 4.39 Å². The molecule has 1 saturated heterocycles. The van der Waals surface area contributed by atoms with Crippen molar-refractivity contribution in [1.29, 1.82) is 0 Å². The molecule has 2 rings (SSSR count). The van der Waals surface area contributed by atoms with Gasteiger partial charge in [-0.25, -0.2) is 4.39 Å². The van der Waals surface area contributed by atoms with Crippen LogP contribution in [0.5, 0.6) is 0 Å². The van der Waals surface area contributed by atoms with Crippen LogP contribution in [0.4, 0.5) is 10.1 Å². The Morgan fingerprint density at radius 1 is 1.50 bits per heavy atom. The third kappa shape index (κ3) is 1.70. The molecular formula is C10H12ClFN2. The first kappa shape index (κ1) is 9.74. The Bertz CT molecular complexity index is 325.